The van der Waals surface area contributed by atoms with E-state index >= 15 is 0 Å². The average molecular weight is 291 g/mol. The number of carbonyl (C=O) groups is 1. The molecule has 1 aromatic rings. The molecule has 0 spiro atoms. The summed E-state index contributed by atoms with van der Waals surface area (Å²) in [6.07, 6.45) is 3.66. The Hall–Kier alpha value is -1.55. The van der Waals surface area contributed by atoms with Crippen molar-refractivity contribution in [1.29, 1.82) is 0 Å². The molecule has 0 aromatic heterocycles. The highest BCUT2D eigenvalue weighted by atomic mass is 16.5. The summed E-state index contributed by atoms with van der Waals surface area (Å²) >= 11 is 0. The highest BCUT2D eigenvalue weighted by Gasteiger charge is 2.24. The van der Waals surface area contributed by atoms with Gasteiger partial charge in [0.25, 0.3) is 0 Å². The zero-order chi connectivity index (χ0) is 15.2. The van der Waals surface area contributed by atoms with Gasteiger partial charge in [0.05, 0.1) is 12.5 Å². The third-order valence-corrected chi connectivity index (χ3v) is 3.82. The normalized spacial score (nSPS) is 19.7. The van der Waals surface area contributed by atoms with Gasteiger partial charge in [-0.3, -0.25) is 9.69 Å². The van der Waals surface area contributed by atoms with Gasteiger partial charge in [-0.2, -0.15) is 0 Å². The van der Waals surface area contributed by atoms with E-state index in [1.165, 1.54) is 5.56 Å². The lowest BCUT2D eigenvalue weighted by Gasteiger charge is -2.35. The highest BCUT2D eigenvalue weighted by molar-refractivity contribution is 5.67. The van der Waals surface area contributed by atoms with Gasteiger partial charge in [-0.25, -0.2) is 0 Å². The molecule has 2 rings (SSSR count). The second-order valence-electron chi connectivity index (χ2n) is 6.03. The molecule has 1 atom stereocenters. The van der Waals surface area contributed by atoms with E-state index < -0.39 is 5.97 Å². The molecule has 1 aromatic carbocycles. The van der Waals surface area contributed by atoms with Crippen molar-refractivity contribution < 1.29 is 14.6 Å². The van der Waals surface area contributed by atoms with Gasteiger partial charge in [-0.1, -0.05) is 18.6 Å². The molecule has 4 heteroatoms. The number of benzene rings is 1. The first-order valence-electron chi connectivity index (χ1n) is 7.76. The summed E-state index contributed by atoms with van der Waals surface area (Å²) in [4.78, 5) is 13.3. The fraction of sp³-hybridized carbons (Fsp3) is 0.588. The van der Waals surface area contributed by atoms with Gasteiger partial charge >= 0.3 is 5.97 Å². The van der Waals surface area contributed by atoms with E-state index in [4.69, 9.17) is 9.84 Å². The molecule has 1 aliphatic heterocycles. The Labute approximate surface area is 126 Å². The van der Waals surface area contributed by atoms with Gasteiger partial charge in [-0.15, -0.1) is 0 Å². The number of ether oxygens (including phenoxy) is 1. The second-order valence-corrected chi connectivity index (χ2v) is 6.03. The molecule has 0 saturated carbocycles. The van der Waals surface area contributed by atoms with Crippen molar-refractivity contribution in [1.82, 2.24) is 4.90 Å². The molecule has 0 aliphatic carbocycles. The zero-order valence-corrected chi connectivity index (χ0v) is 12.9. The Morgan fingerprint density at radius 1 is 1.43 bits per heavy atom. The maximum absolute atomic E-state index is 11.0. The Kier molecular flexibility index (Phi) is 5.62. The van der Waals surface area contributed by atoms with E-state index in [1.807, 2.05) is 26.0 Å². The van der Waals surface area contributed by atoms with Crippen LogP contribution in [0.25, 0.3) is 0 Å². The van der Waals surface area contributed by atoms with Gasteiger partial charge in [0.15, 0.2) is 0 Å². The number of nitrogens with zero attached hydrogens (tertiary/aromatic N) is 1. The van der Waals surface area contributed by atoms with Crippen LogP contribution in [-0.4, -0.2) is 34.7 Å². The molecule has 1 fully saturated rings. The number of likely N-dealkylation sites (tertiary alicyclic amines) is 1. The van der Waals surface area contributed by atoms with Crippen LogP contribution in [0.5, 0.6) is 5.75 Å². The Balaban J connectivity index is 2.02. The Morgan fingerprint density at radius 2 is 2.24 bits per heavy atom. The van der Waals surface area contributed by atoms with E-state index in [2.05, 4.69) is 17.0 Å². The van der Waals surface area contributed by atoms with Crippen LogP contribution in [-0.2, 0) is 11.3 Å². The monoisotopic (exact) mass is 291 g/mol. The number of carboxylic acid groups (broad SMARTS) is 1. The van der Waals surface area contributed by atoms with Crippen molar-refractivity contribution in [2.45, 2.75) is 58.2 Å². The topological polar surface area (TPSA) is 49.8 Å². The number of hydrogen-bond donors (Lipinski definition) is 1. The lowest BCUT2D eigenvalue weighted by Crippen LogP contribution is -2.40. The summed E-state index contributed by atoms with van der Waals surface area (Å²) in [7, 11) is 0. The molecule has 0 radical (unpaired) electrons. The molecule has 1 aliphatic rings. The average Bonchev–Trinajstić information content (AvgIpc) is 2.40. The van der Waals surface area contributed by atoms with E-state index in [9.17, 15) is 4.79 Å². The first kappa shape index (κ1) is 15.8. The van der Waals surface area contributed by atoms with Gasteiger partial charge in [0.1, 0.15) is 5.75 Å². The van der Waals surface area contributed by atoms with Crippen LogP contribution >= 0.6 is 0 Å². The second kappa shape index (κ2) is 7.46. The summed E-state index contributed by atoms with van der Waals surface area (Å²) in [5.74, 6) is 0.179. The zero-order valence-electron chi connectivity index (χ0n) is 12.9. The number of carboxylic acids is 1. The molecule has 1 heterocycles. The number of rotatable bonds is 6. The van der Waals surface area contributed by atoms with Gasteiger partial charge < -0.3 is 9.84 Å². The van der Waals surface area contributed by atoms with Crippen molar-refractivity contribution >= 4 is 5.97 Å². The lowest BCUT2D eigenvalue weighted by atomic mass is 9.98. The molecule has 0 amide bonds. The van der Waals surface area contributed by atoms with E-state index in [0.29, 0.717) is 0 Å². The minimum Gasteiger partial charge on any atom is -0.491 e. The standard InChI is InChI=1S/C17H25NO3/c1-13(2)21-16-8-5-6-14(10-16)12-18-9-4-3-7-15(18)11-17(19)20/h5-6,8,10,13,15H,3-4,7,9,11-12H2,1-2H3,(H,19,20). The molecule has 21 heavy (non-hydrogen) atoms. The predicted molar refractivity (Wildman–Crippen MR) is 82.5 cm³/mol. The van der Waals surface area contributed by atoms with Gasteiger partial charge in [-0.05, 0) is 50.9 Å². The van der Waals surface area contributed by atoms with Crippen LogP contribution in [0, 0.1) is 0 Å². The lowest BCUT2D eigenvalue weighted by molar-refractivity contribution is -0.138. The van der Waals surface area contributed by atoms with Crippen LogP contribution < -0.4 is 4.74 Å². The molecular weight excluding hydrogens is 266 g/mol. The van der Waals surface area contributed by atoms with Crippen molar-refractivity contribution in [2.24, 2.45) is 0 Å². The summed E-state index contributed by atoms with van der Waals surface area (Å²) in [5.41, 5.74) is 1.19. The molecule has 0 bridgehead atoms. The van der Waals surface area contributed by atoms with Crippen LogP contribution in [0.4, 0.5) is 0 Å². The minimum absolute atomic E-state index is 0.158. The largest absolute Gasteiger partial charge is 0.491 e. The van der Waals surface area contributed by atoms with E-state index in [1.54, 1.807) is 0 Å². The highest BCUT2D eigenvalue weighted by Crippen LogP contribution is 2.23. The summed E-state index contributed by atoms with van der Waals surface area (Å²) in [5, 5.41) is 9.05. The first-order valence-corrected chi connectivity index (χ1v) is 7.76. The van der Waals surface area contributed by atoms with Crippen LogP contribution in [0.1, 0.15) is 45.1 Å². The number of aliphatic carboxylic acids is 1. The SMILES string of the molecule is CC(C)Oc1cccc(CN2CCCCC2CC(=O)O)c1. The Bertz CT molecular complexity index is 473. The summed E-state index contributed by atoms with van der Waals surface area (Å²) in [6.45, 7) is 5.81. The van der Waals surface area contributed by atoms with Gasteiger partial charge in [0.2, 0.25) is 0 Å². The van der Waals surface area contributed by atoms with Crippen LogP contribution in [0.3, 0.4) is 0 Å². The maximum atomic E-state index is 11.0. The van der Waals surface area contributed by atoms with Crippen LogP contribution in [0.2, 0.25) is 0 Å². The molecule has 116 valence electrons. The maximum Gasteiger partial charge on any atom is 0.304 e. The quantitative estimate of drug-likeness (QED) is 0.873. The third-order valence-electron chi connectivity index (χ3n) is 3.82. The fourth-order valence-electron chi connectivity index (χ4n) is 2.92. The molecule has 1 saturated heterocycles. The van der Waals surface area contributed by atoms with E-state index in [-0.39, 0.29) is 18.6 Å². The molecule has 1 unspecified atom stereocenters. The van der Waals surface area contributed by atoms with Gasteiger partial charge in [0, 0.05) is 12.6 Å². The minimum atomic E-state index is -0.705. The van der Waals surface area contributed by atoms with E-state index in [0.717, 1.165) is 38.1 Å². The number of piperidine rings is 1. The predicted octanol–water partition coefficient (Wildman–Crippen LogP) is 3.30. The first-order chi connectivity index (χ1) is 10.0. The summed E-state index contributed by atoms with van der Waals surface area (Å²) < 4.78 is 5.72. The number of hydrogen-bond acceptors (Lipinski definition) is 3. The summed E-state index contributed by atoms with van der Waals surface area (Å²) in [6, 6.07) is 8.27. The third kappa shape index (κ3) is 5.05. The smallest absolute Gasteiger partial charge is 0.304 e. The van der Waals surface area contributed by atoms with Crippen molar-refractivity contribution in [2.75, 3.05) is 6.54 Å². The molecule has 1 N–H and O–H groups in total. The van der Waals surface area contributed by atoms with Crippen molar-refractivity contribution in [3.63, 3.8) is 0 Å². The fourth-order valence-corrected chi connectivity index (χ4v) is 2.92. The van der Waals surface area contributed by atoms with Crippen molar-refractivity contribution in [3.05, 3.63) is 29.8 Å². The molecule has 4 nitrogen and oxygen atoms in total. The molecular formula is C17H25NO3. The Morgan fingerprint density at radius 3 is 2.95 bits per heavy atom. The van der Waals surface area contributed by atoms with Crippen LogP contribution in [0.15, 0.2) is 24.3 Å². The van der Waals surface area contributed by atoms with Crippen molar-refractivity contribution in [3.8, 4) is 5.75 Å².